The van der Waals surface area contributed by atoms with Crippen molar-refractivity contribution in [1.82, 2.24) is 9.55 Å². The molecule has 154 valence electrons. The van der Waals surface area contributed by atoms with Gasteiger partial charge in [0.1, 0.15) is 5.82 Å². The van der Waals surface area contributed by atoms with Gasteiger partial charge < -0.3 is 19.7 Å². The molecule has 0 aliphatic rings. The highest BCUT2D eigenvalue weighted by Gasteiger charge is 2.30. The van der Waals surface area contributed by atoms with E-state index < -0.39 is 17.8 Å². The van der Waals surface area contributed by atoms with Crippen molar-refractivity contribution in [3.63, 3.8) is 0 Å². The number of nitrogens with one attached hydrogen (secondary N) is 1. The normalized spacial score (nSPS) is 12.9. The molecule has 0 aliphatic carbocycles. The lowest BCUT2D eigenvalue weighted by atomic mass is 10.00. The van der Waals surface area contributed by atoms with Crippen LogP contribution in [0.2, 0.25) is 0 Å². The number of hydrogen-bond acceptors (Lipinski definition) is 5. The minimum absolute atomic E-state index is 0.118. The standard InChI is InChI=1S/C20H20F3N3O3/c1-26-8-7-15-16(12-3-5-13(6-4-12)20(21,22)23)10-25-18(17(15)19(26)28)24-9-14(27)11-29-2/h3-8,10,14,27H,9,11H2,1-2H3,(H,24,25)/t14-/m0/s1. The third-order valence-electron chi connectivity index (χ3n) is 4.51. The van der Waals surface area contributed by atoms with Crippen LogP contribution >= 0.6 is 0 Å². The molecule has 0 saturated carbocycles. The lowest BCUT2D eigenvalue weighted by molar-refractivity contribution is -0.137. The third-order valence-corrected chi connectivity index (χ3v) is 4.51. The average molecular weight is 407 g/mol. The number of anilines is 1. The molecule has 2 N–H and O–H groups in total. The largest absolute Gasteiger partial charge is 0.416 e. The number of halogens is 3. The van der Waals surface area contributed by atoms with Crippen LogP contribution < -0.4 is 10.9 Å². The zero-order chi connectivity index (χ0) is 21.2. The number of aromatic nitrogens is 2. The summed E-state index contributed by atoms with van der Waals surface area (Å²) in [4.78, 5) is 17.0. The van der Waals surface area contributed by atoms with Crippen LogP contribution in [0.1, 0.15) is 5.56 Å². The van der Waals surface area contributed by atoms with E-state index in [2.05, 4.69) is 10.3 Å². The van der Waals surface area contributed by atoms with Crippen LogP contribution in [0, 0.1) is 0 Å². The van der Waals surface area contributed by atoms with E-state index in [0.29, 0.717) is 16.5 Å². The number of rotatable bonds is 6. The van der Waals surface area contributed by atoms with Crippen molar-refractivity contribution < 1.29 is 23.0 Å². The smallest absolute Gasteiger partial charge is 0.389 e. The van der Waals surface area contributed by atoms with Crippen molar-refractivity contribution in [1.29, 1.82) is 0 Å². The Morgan fingerprint density at radius 2 is 1.93 bits per heavy atom. The van der Waals surface area contributed by atoms with Crippen molar-refractivity contribution in [2.75, 3.05) is 25.6 Å². The quantitative estimate of drug-likeness (QED) is 0.657. The van der Waals surface area contributed by atoms with Crippen molar-refractivity contribution in [2.24, 2.45) is 7.05 Å². The second-order valence-corrected chi connectivity index (χ2v) is 6.61. The number of alkyl halides is 3. The highest BCUT2D eigenvalue weighted by molar-refractivity contribution is 6.01. The maximum atomic E-state index is 12.8. The Hall–Kier alpha value is -2.91. The van der Waals surface area contributed by atoms with Crippen molar-refractivity contribution >= 4 is 16.6 Å². The van der Waals surface area contributed by atoms with Crippen LogP contribution in [-0.4, -0.2) is 41.0 Å². The Morgan fingerprint density at radius 1 is 1.24 bits per heavy atom. The number of fused-ring (bicyclic) bond motifs is 1. The topological polar surface area (TPSA) is 76.4 Å². The molecule has 0 amide bonds. The van der Waals surface area contributed by atoms with E-state index in [4.69, 9.17) is 4.74 Å². The highest BCUT2D eigenvalue weighted by atomic mass is 19.4. The first-order chi connectivity index (χ1) is 13.7. The van der Waals surface area contributed by atoms with Crippen LogP contribution in [0.3, 0.4) is 0 Å². The molecule has 2 aromatic heterocycles. The number of aliphatic hydroxyl groups is 1. The number of benzene rings is 1. The predicted octanol–water partition coefficient (Wildman–Crippen LogP) is 3.04. The van der Waals surface area contributed by atoms with Crippen LogP contribution in [0.25, 0.3) is 21.9 Å². The van der Waals surface area contributed by atoms with E-state index in [0.717, 1.165) is 12.1 Å². The minimum Gasteiger partial charge on any atom is -0.389 e. The Kier molecular flexibility index (Phi) is 5.90. The summed E-state index contributed by atoms with van der Waals surface area (Å²) < 4.78 is 44.8. The number of hydrogen-bond donors (Lipinski definition) is 2. The van der Waals surface area contributed by atoms with Crippen molar-refractivity contribution in [3.8, 4) is 11.1 Å². The Bertz CT molecular complexity index is 1060. The molecule has 0 spiro atoms. The molecule has 0 bridgehead atoms. The molecule has 2 heterocycles. The van der Waals surface area contributed by atoms with Crippen molar-refractivity contribution in [2.45, 2.75) is 12.3 Å². The molecule has 9 heteroatoms. The second-order valence-electron chi connectivity index (χ2n) is 6.61. The molecule has 0 radical (unpaired) electrons. The zero-order valence-corrected chi connectivity index (χ0v) is 15.8. The van der Waals surface area contributed by atoms with Gasteiger partial charge in [-0.2, -0.15) is 13.2 Å². The van der Waals surface area contributed by atoms with Gasteiger partial charge in [-0.1, -0.05) is 12.1 Å². The van der Waals surface area contributed by atoms with Crippen LogP contribution in [-0.2, 0) is 18.0 Å². The van der Waals surface area contributed by atoms with Gasteiger partial charge in [0.2, 0.25) is 0 Å². The summed E-state index contributed by atoms with van der Waals surface area (Å²) in [5.74, 6) is 0.284. The van der Waals surface area contributed by atoms with Crippen molar-refractivity contribution in [3.05, 3.63) is 58.6 Å². The average Bonchev–Trinajstić information content (AvgIpc) is 2.68. The molecule has 29 heavy (non-hydrogen) atoms. The van der Waals surface area contributed by atoms with E-state index in [1.807, 2.05) is 0 Å². The molecule has 3 rings (SSSR count). The number of ether oxygens (including phenoxy) is 1. The molecule has 6 nitrogen and oxygen atoms in total. The molecule has 0 fully saturated rings. The first kappa shape index (κ1) is 20.8. The SMILES string of the molecule is COC[C@@H](O)CNc1ncc(-c2ccc(C(F)(F)F)cc2)c2ccn(C)c(=O)c12. The predicted molar refractivity (Wildman–Crippen MR) is 104 cm³/mol. The monoisotopic (exact) mass is 407 g/mol. The summed E-state index contributed by atoms with van der Waals surface area (Å²) in [7, 11) is 3.06. The third kappa shape index (κ3) is 4.41. The van der Waals surface area contributed by atoms with E-state index in [1.165, 1.54) is 30.0 Å². The van der Waals surface area contributed by atoms with E-state index in [1.54, 1.807) is 19.3 Å². The number of methoxy groups -OCH3 is 1. The second kappa shape index (κ2) is 8.22. The Labute approximate surface area is 164 Å². The molecule has 1 aromatic carbocycles. The molecule has 0 unspecified atom stereocenters. The fourth-order valence-corrected chi connectivity index (χ4v) is 3.01. The van der Waals surface area contributed by atoms with E-state index in [9.17, 15) is 23.1 Å². The van der Waals surface area contributed by atoms with Gasteiger partial charge >= 0.3 is 6.18 Å². The first-order valence-electron chi connectivity index (χ1n) is 8.79. The van der Waals surface area contributed by atoms with Crippen LogP contribution in [0.4, 0.5) is 19.0 Å². The number of aliphatic hydroxyl groups excluding tert-OH is 1. The van der Waals surface area contributed by atoms with Gasteiger partial charge in [-0.15, -0.1) is 0 Å². The number of pyridine rings is 2. The summed E-state index contributed by atoms with van der Waals surface area (Å²) in [6, 6.07) is 6.41. The van der Waals surface area contributed by atoms with Gasteiger partial charge in [0.05, 0.1) is 23.7 Å². The maximum Gasteiger partial charge on any atom is 0.416 e. The summed E-state index contributed by atoms with van der Waals surface area (Å²) in [5, 5.41) is 13.6. The molecular weight excluding hydrogens is 387 g/mol. The molecular formula is C20H20F3N3O3. The van der Waals surface area contributed by atoms with E-state index in [-0.39, 0.29) is 29.9 Å². The lowest BCUT2D eigenvalue weighted by Gasteiger charge is -2.15. The van der Waals surface area contributed by atoms with E-state index >= 15 is 0 Å². The minimum atomic E-state index is -4.42. The van der Waals surface area contributed by atoms with Gasteiger partial charge in [-0.3, -0.25) is 4.79 Å². The molecule has 1 atom stereocenters. The number of nitrogens with zero attached hydrogens (tertiary/aromatic N) is 2. The zero-order valence-electron chi connectivity index (χ0n) is 15.8. The summed E-state index contributed by atoms with van der Waals surface area (Å²) in [6.07, 6.45) is -2.14. The van der Waals surface area contributed by atoms with Gasteiger partial charge in [-0.25, -0.2) is 4.98 Å². The fraction of sp³-hybridized carbons (Fsp3) is 0.300. The summed E-state index contributed by atoms with van der Waals surface area (Å²) in [6.45, 7) is 0.236. The van der Waals surface area contributed by atoms with Gasteiger partial charge in [0.15, 0.2) is 0 Å². The fourth-order valence-electron chi connectivity index (χ4n) is 3.01. The number of aryl methyl sites for hydroxylation is 1. The summed E-state index contributed by atoms with van der Waals surface area (Å²) >= 11 is 0. The Balaban J connectivity index is 2.08. The van der Waals surface area contributed by atoms with Gasteiger partial charge in [0.25, 0.3) is 5.56 Å². The molecule has 3 aromatic rings. The highest BCUT2D eigenvalue weighted by Crippen LogP contribution is 2.33. The lowest BCUT2D eigenvalue weighted by Crippen LogP contribution is -2.26. The first-order valence-corrected chi connectivity index (χ1v) is 8.79. The Morgan fingerprint density at radius 3 is 2.55 bits per heavy atom. The van der Waals surface area contributed by atoms with Crippen LogP contribution in [0.15, 0.2) is 47.5 Å². The van der Waals surface area contributed by atoms with Crippen LogP contribution in [0.5, 0.6) is 0 Å². The summed E-state index contributed by atoms with van der Waals surface area (Å²) in [5.41, 5.74) is -0.0172. The van der Waals surface area contributed by atoms with Gasteiger partial charge in [-0.05, 0) is 23.8 Å². The van der Waals surface area contributed by atoms with Gasteiger partial charge in [0, 0.05) is 44.0 Å². The molecule has 0 aliphatic heterocycles. The maximum absolute atomic E-state index is 12.8. The molecule has 0 saturated heterocycles.